The van der Waals surface area contributed by atoms with E-state index in [-0.39, 0.29) is 12.0 Å². The summed E-state index contributed by atoms with van der Waals surface area (Å²) in [5.41, 5.74) is 1.27. The summed E-state index contributed by atoms with van der Waals surface area (Å²) in [4.78, 5) is 12.1. The van der Waals surface area contributed by atoms with Crippen LogP contribution in [-0.2, 0) is 4.74 Å². The standard InChI is InChI=1S/C16H15Cl2NO2/c1-21-15(11-6-2-4-8-13(11)17)10-19-16(20)12-7-3-5-9-14(12)18/h2-9,15H,10H2,1H3,(H,19,20)/t15-/m1/s1. The molecule has 3 nitrogen and oxygen atoms in total. The summed E-state index contributed by atoms with van der Waals surface area (Å²) in [6.45, 7) is 0.310. The number of nitrogens with one attached hydrogen (secondary N) is 1. The van der Waals surface area contributed by atoms with Crippen LogP contribution in [0.2, 0.25) is 10.0 Å². The number of hydrogen-bond acceptors (Lipinski definition) is 2. The molecule has 0 radical (unpaired) electrons. The summed E-state index contributed by atoms with van der Waals surface area (Å²) in [6.07, 6.45) is -0.315. The van der Waals surface area contributed by atoms with E-state index in [1.54, 1.807) is 37.4 Å². The average molecular weight is 324 g/mol. The minimum Gasteiger partial charge on any atom is -0.375 e. The number of amides is 1. The molecule has 0 saturated heterocycles. The van der Waals surface area contributed by atoms with E-state index in [0.717, 1.165) is 5.56 Å². The first-order valence-electron chi connectivity index (χ1n) is 6.43. The summed E-state index contributed by atoms with van der Waals surface area (Å²) >= 11 is 12.1. The van der Waals surface area contributed by atoms with E-state index in [1.165, 1.54) is 0 Å². The minimum atomic E-state index is -0.315. The van der Waals surface area contributed by atoms with Gasteiger partial charge in [0.25, 0.3) is 5.91 Å². The predicted octanol–water partition coefficient (Wildman–Crippen LogP) is 4.11. The molecule has 0 saturated carbocycles. The number of methoxy groups -OCH3 is 1. The van der Waals surface area contributed by atoms with Crippen LogP contribution < -0.4 is 5.32 Å². The molecule has 0 unspecified atom stereocenters. The molecule has 110 valence electrons. The Morgan fingerprint density at radius 2 is 1.71 bits per heavy atom. The topological polar surface area (TPSA) is 38.3 Å². The van der Waals surface area contributed by atoms with Gasteiger partial charge in [-0.3, -0.25) is 4.79 Å². The molecular weight excluding hydrogens is 309 g/mol. The van der Waals surface area contributed by atoms with Crippen LogP contribution in [0.15, 0.2) is 48.5 Å². The third-order valence-corrected chi connectivity index (χ3v) is 3.78. The molecule has 0 spiro atoms. The molecule has 0 aliphatic carbocycles. The monoisotopic (exact) mass is 323 g/mol. The van der Waals surface area contributed by atoms with Crippen LogP contribution in [0.3, 0.4) is 0 Å². The minimum absolute atomic E-state index is 0.241. The second-order valence-corrected chi connectivity index (χ2v) is 5.25. The van der Waals surface area contributed by atoms with Crippen LogP contribution in [0.1, 0.15) is 22.0 Å². The van der Waals surface area contributed by atoms with Crippen molar-refractivity contribution in [2.75, 3.05) is 13.7 Å². The Morgan fingerprint density at radius 3 is 2.33 bits per heavy atom. The Balaban J connectivity index is 2.06. The van der Waals surface area contributed by atoms with Gasteiger partial charge in [-0.2, -0.15) is 0 Å². The van der Waals surface area contributed by atoms with Gasteiger partial charge in [0, 0.05) is 24.2 Å². The molecule has 5 heteroatoms. The first-order chi connectivity index (χ1) is 10.1. The molecule has 0 heterocycles. The Hall–Kier alpha value is -1.55. The Bertz CT molecular complexity index is 631. The molecule has 1 atom stereocenters. The van der Waals surface area contributed by atoms with E-state index in [1.807, 2.05) is 18.2 Å². The zero-order valence-electron chi connectivity index (χ0n) is 11.5. The highest BCUT2D eigenvalue weighted by molar-refractivity contribution is 6.33. The zero-order chi connectivity index (χ0) is 15.2. The van der Waals surface area contributed by atoms with E-state index >= 15 is 0 Å². The second kappa shape index (κ2) is 7.46. The van der Waals surface area contributed by atoms with E-state index in [9.17, 15) is 4.79 Å². The molecule has 2 aromatic rings. The third-order valence-electron chi connectivity index (χ3n) is 3.10. The number of ether oxygens (including phenoxy) is 1. The summed E-state index contributed by atoms with van der Waals surface area (Å²) in [6, 6.07) is 14.3. The molecule has 0 fully saturated rings. The smallest absolute Gasteiger partial charge is 0.252 e. The summed E-state index contributed by atoms with van der Waals surface area (Å²) < 4.78 is 5.40. The highest BCUT2D eigenvalue weighted by Gasteiger charge is 2.16. The molecule has 0 aliphatic heterocycles. The van der Waals surface area contributed by atoms with Crippen molar-refractivity contribution in [2.45, 2.75) is 6.10 Å². The van der Waals surface area contributed by atoms with Gasteiger partial charge < -0.3 is 10.1 Å². The molecule has 1 N–H and O–H groups in total. The molecule has 0 aromatic heterocycles. The number of carbonyl (C=O) groups excluding carboxylic acids is 1. The van der Waals surface area contributed by atoms with Crippen molar-refractivity contribution >= 4 is 29.1 Å². The number of benzene rings is 2. The first-order valence-corrected chi connectivity index (χ1v) is 7.19. The largest absolute Gasteiger partial charge is 0.375 e. The lowest BCUT2D eigenvalue weighted by atomic mass is 10.1. The second-order valence-electron chi connectivity index (χ2n) is 4.44. The maximum absolute atomic E-state index is 12.1. The highest BCUT2D eigenvalue weighted by Crippen LogP contribution is 2.24. The van der Waals surface area contributed by atoms with Crippen molar-refractivity contribution in [1.82, 2.24) is 5.32 Å². The van der Waals surface area contributed by atoms with Crippen LogP contribution in [0.5, 0.6) is 0 Å². The lowest BCUT2D eigenvalue weighted by Crippen LogP contribution is -2.29. The lowest BCUT2D eigenvalue weighted by molar-refractivity contribution is 0.0828. The van der Waals surface area contributed by atoms with Crippen LogP contribution in [0, 0.1) is 0 Å². The molecule has 1 amide bonds. The molecule has 0 bridgehead atoms. The fourth-order valence-electron chi connectivity index (χ4n) is 1.98. The van der Waals surface area contributed by atoms with E-state index in [4.69, 9.17) is 27.9 Å². The van der Waals surface area contributed by atoms with Crippen molar-refractivity contribution < 1.29 is 9.53 Å². The Morgan fingerprint density at radius 1 is 1.10 bits per heavy atom. The Kier molecular flexibility index (Phi) is 5.62. The molecule has 2 aromatic carbocycles. The van der Waals surface area contributed by atoms with Gasteiger partial charge in [-0.15, -0.1) is 0 Å². The van der Waals surface area contributed by atoms with Gasteiger partial charge >= 0.3 is 0 Å². The summed E-state index contributed by atoms with van der Waals surface area (Å²) in [5, 5.41) is 3.84. The van der Waals surface area contributed by atoms with E-state index in [2.05, 4.69) is 5.32 Å². The predicted molar refractivity (Wildman–Crippen MR) is 85.0 cm³/mol. The van der Waals surface area contributed by atoms with E-state index in [0.29, 0.717) is 22.2 Å². The Labute approximate surface area is 133 Å². The van der Waals surface area contributed by atoms with Gasteiger partial charge in [0.15, 0.2) is 0 Å². The SMILES string of the molecule is CO[C@H](CNC(=O)c1ccccc1Cl)c1ccccc1Cl. The first kappa shape index (κ1) is 15.8. The fraction of sp³-hybridized carbons (Fsp3) is 0.188. The van der Waals surface area contributed by atoms with Gasteiger partial charge in [0.2, 0.25) is 0 Å². The maximum atomic E-state index is 12.1. The van der Waals surface area contributed by atoms with Crippen LogP contribution in [0.4, 0.5) is 0 Å². The van der Waals surface area contributed by atoms with Crippen LogP contribution in [0.25, 0.3) is 0 Å². The van der Waals surface area contributed by atoms with Crippen molar-refractivity contribution in [3.8, 4) is 0 Å². The van der Waals surface area contributed by atoms with Crippen LogP contribution >= 0.6 is 23.2 Å². The number of rotatable bonds is 5. The molecule has 21 heavy (non-hydrogen) atoms. The van der Waals surface area contributed by atoms with Gasteiger partial charge in [0.1, 0.15) is 6.10 Å². The van der Waals surface area contributed by atoms with Crippen LogP contribution in [-0.4, -0.2) is 19.6 Å². The quantitative estimate of drug-likeness (QED) is 0.899. The summed E-state index contributed by atoms with van der Waals surface area (Å²) in [7, 11) is 1.58. The fourth-order valence-corrected chi connectivity index (χ4v) is 2.46. The number of halogens is 2. The van der Waals surface area contributed by atoms with Crippen molar-refractivity contribution in [2.24, 2.45) is 0 Å². The van der Waals surface area contributed by atoms with E-state index < -0.39 is 0 Å². The normalized spacial score (nSPS) is 12.0. The van der Waals surface area contributed by atoms with Gasteiger partial charge in [-0.05, 0) is 18.2 Å². The highest BCUT2D eigenvalue weighted by atomic mass is 35.5. The maximum Gasteiger partial charge on any atom is 0.252 e. The van der Waals surface area contributed by atoms with Crippen molar-refractivity contribution in [3.63, 3.8) is 0 Å². The average Bonchev–Trinajstić information content (AvgIpc) is 2.49. The number of carbonyl (C=O) groups is 1. The van der Waals surface area contributed by atoms with Crippen molar-refractivity contribution in [3.05, 3.63) is 69.7 Å². The summed E-state index contributed by atoms with van der Waals surface area (Å²) in [5.74, 6) is -0.241. The molecular formula is C16H15Cl2NO2. The van der Waals surface area contributed by atoms with Gasteiger partial charge in [-0.1, -0.05) is 53.5 Å². The van der Waals surface area contributed by atoms with Crippen molar-refractivity contribution in [1.29, 1.82) is 0 Å². The van der Waals surface area contributed by atoms with Gasteiger partial charge in [0.05, 0.1) is 10.6 Å². The zero-order valence-corrected chi connectivity index (χ0v) is 13.0. The third kappa shape index (κ3) is 3.97. The number of hydrogen-bond donors (Lipinski definition) is 1. The lowest BCUT2D eigenvalue weighted by Gasteiger charge is -2.18. The van der Waals surface area contributed by atoms with Gasteiger partial charge in [-0.25, -0.2) is 0 Å². The molecule has 0 aliphatic rings. The molecule has 2 rings (SSSR count).